The molecule has 4 aliphatic rings. The van der Waals surface area contributed by atoms with Crippen LogP contribution in [0.3, 0.4) is 0 Å². The Balaban J connectivity index is 1.51. The summed E-state index contributed by atoms with van der Waals surface area (Å²) in [7, 11) is 0. The molecule has 0 amide bonds. The molecule has 5 nitrogen and oxygen atoms in total. The molecule has 0 spiro atoms. The Morgan fingerprint density at radius 2 is 1.80 bits per heavy atom. The van der Waals surface area contributed by atoms with Gasteiger partial charge in [-0.15, -0.1) is 0 Å². The van der Waals surface area contributed by atoms with Crippen molar-refractivity contribution >= 4 is 0 Å². The van der Waals surface area contributed by atoms with E-state index in [1.165, 1.54) is 12.8 Å². The van der Waals surface area contributed by atoms with E-state index >= 15 is 0 Å². The average Bonchev–Trinajstić information content (AvgIpc) is 3.07. The minimum absolute atomic E-state index is 0.161. The molecule has 1 aromatic rings. The molecular weight excluding hydrogens is 316 g/mol. The quantitative estimate of drug-likeness (QED) is 0.755. The van der Waals surface area contributed by atoms with Crippen LogP contribution in [0.2, 0.25) is 0 Å². The molecule has 25 heavy (non-hydrogen) atoms. The first-order chi connectivity index (χ1) is 11.8. The molecule has 0 radical (unpaired) electrons. The number of rotatable bonds is 0. The van der Waals surface area contributed by atoms with Gasteiger partial charge in [0.05, 0.1) is 11.7 Å². The lowest BCUT2D eigenvalue weighted by Gasteiger charge is -2.60. The Hall–Kier alpha value is -0.940. The number of hydrogen-bond donors (Lipinski definition) is 2. The topological polar surface area (TPSA) is 79.4 Å². The van der Waals surface area contributed by atoms with Crippen LogP contribution in [0.1, 0.15) is 64.3 Å². The van der Waals surface area contributed by atoms with Gasteiger partial charge in [0.15, 0.2) is 0 Å². The van der Waals surface area contributed by atoms with E-state index in [0.29, 0.717) is 23.7 Å². The molecule has 8 atom stereocenters. The van der Waals surface area contributed by atoms with Crippen molar-refractivity contribution in [2.45, 2.75) is 77.4 Å². The van der Waals surface area contributed by atoms with E-state index < -0.39 is 11.7 Å². The molecule has 0 saturated heterocycles. The maximum absolute atomic E-state index is 11.0. The molecule has 3 fully saturated rings. The van der Waals surface area contributed by atoms with Crippen LogP contribution in [0, 0.1) is 34.5 Å². The normalized spacial score (nSPS) is 54.4. The van der Waals surface area contributed by atoms with Crippen molar-refractivity contribution in [3.8, 4) is 0 Å². The Kier molecular flexibility index (Phi) is 3.16. The van der Waals surface area contributed by atoms with Crippen molar-refractivity contribution in [3.05, 3.63) is 11.4 Å². The summed E-state index contributed by atoms with van der Waals surface area (Å²) in [6, 6.07) is 0. The van der Waals surface area contributed by atoms with E-state index in [4.69, 9.17) is 4.63 Å². The molecule has 5 heteroatoms. The monoisotopic (exact) mass is 346 g/mol. The Morgan fingerprint density at radius 1 is 1.04 bits per heavy atom. The van der Waals surface area contributed by atoms with Crippen LogP contribution >= 0.6 is 0 Å². The fourth-order valence-electron chi connectivity index (χ4n) is 7.49. The van der Waals surface area contributed by atoms with Crippen LogP contribution in [0.5, 0.6) is 0 Å². The molecule has 138 valence electrons. The second-order valence-electron chi connectivity index (χ2n) is 10.1. The molecule has 1 heterocycles. The van der Waals surface area contributed by atoms with Gasteiger partial charge < -0.3 is 10.2 Å². The molecule has 0 bridgehead atoms. The summed E-state index contributed by atoms with van der Waals surface area (Å²) in [6.45, 7) is 6.54. The largest absolute Gasteiger partial charge is 0.390 e. The summed E-state index contributed by atoms with van der Waals surface area (Å²) in [5, 5.41) is 29.9. The van der Waals surface area contributed by atoms with Gasteiger partial charge in [-0.1, -0.05) is 24.2 Å². The maximum Gasteiger partial charge on any atom is 0.108 e. The highest BCUT2D eigenvalue weighted by Crippen LogP contribution is 2.67. The van der Waals surface area contributed by atoms with E-state index in [1.807, 2.05) is 6.92 Å². The number of aliphatic hydroxyl groups excluding tert-OH is 1. The van der Waals surface area contributed by atoms with Crippen LogP contribution in [0.4, 0.5) is 0 Å². The van der Waals surface area contributed by atoms with Gasteiger partial charge in [0.1, 0.15) is 11.4 Å². The summed E-state index contributed by atoms with van der Waals surface area (Å²) >= 11 is 0. The Bertz CT molecular complexity index is 701. The van der Waals surface area contributed by atoms with Crippen molar-refractivity contribution in [3.63, 3.8) is 0 Å². The fraction of sp³-hybridized carbons (Fsp3) is 0.900. The summed E-state index contributed by atoms with van der Waals surface area (Å²) in [5.74, 6) is 2.33. The van der Waals surface area contributed by atoms with Crippen molar-refractivity contribution < 1.29 is 14.8 Å². The van der Waals surface area contributed by atoms with Crippen LogP contribution in [-0.4, -0.2) is 32.2 Å². The van der Waals surface area contributed by atoms with E-state index in [0.717, 1.165) is 43.5 Å². The lowest BCUT2D eigenvalue weighted by atomic mass is 9.44. The first-order valence-electron chi connectivity index (χ1n) is 9.98. The molecule has 1 aromatic heterocycles. The molecule has 0 aliphatic heterocycles. The zero-order valence-corrected chi connectivity index (χ0v) is 15.5. The smallest absolute Gasteiger partial charge is 0.108 e. The van der Waals surface area contributed by atoms with Crippen LogP contribution in [0.25, 0.3) is 0 Å². The predicted molar refractivity (Wildman–Crippen MR) is 91.6 cm³/mol. The highest BCUT2D eigenvalue weighted by Gasteiger charge is 2.66. The van der Waals surface area contributed by atoms with Gasteiger partial charge in [-0.05, 0) is 74.5 Å². The SMILES string of the molecule is CC12Cc3nonc3CC1CCC1C2CCC2(C)C1CC(O)C2(C)O. The van der Waals surface area contributed by atoms with Gasteiger partial charge in [-0.25, -0.2) is 4.63 Å². The van der Waals surface area contributed by atoms with Gasteiger partial charge in [-0.3, -0.25) is 0 Å². The fourth-order valence-corrected chi connectivity index (χ4v) is 7.49. The molecule has 8 unspecified atom stereocenters. The first kappa shape index (κ1) is 16.2. The number of aliphatic hydroxyl groups is 2. The summed E-state index contributed by atoms with van der Waals surface area (Å²) in [5.41, 5.74) is 1.25. The van der Waals surface area contributed by atoms with Crippen molar-refractivity contribution in [1.29, 1.82) is 0 Å². The Morgan fingerprint density at radius 3 is 2.60 bits per heavy atom. The molecule has 4 aliphatic carbocycles. The van der Waals surface area contributed by atoms with Crippen LogP contribution in [-0.2, 0) is 12.8 Å². The molecule has 5 rings (SSSR count). The first-order valence-corrected chi connectivity index (χ1v) is 9.98. The van der Waals surface area contributed by atoms with E-state index in [9.17, 15) is 10.2 Å². The predicted octanol–water partition coefficient (Wildman–Crippen LogP) is 2.75. The number of aromatic nitrogens is 2. The van der Waals surface area contributed by atoms with E-state index in [-0.39, 0.29) is 10.8 Å². The standard InChI is InChI=1S/C20H30N2O3/c1-18-10-16-15(21-25-22-16)8-11(18)4-5-12-13(18)6-7-19(2)14(12)9-17(23)20(19,3)24/h11-14,17,23-24H,4-10H2,1-3H3. The summed E-state index contributed by atoms with van der Waals surface area (Å²) < 4.78 is 5.02. The molecular formula is C20H30N2O3. The second-order valence-corrected chi connectivity index (χ2v) is 10.1. The van der Waals surface area contributed by atoms with Gasteiger partial charge in [0, 0.05) is 11.8 Å². The van der Waals surface area contributed by atoms with Crippen molar-refractivity contribution in [1.82, 2.24) is 10.3 Å². The van der Waals surface area contributed by atoms with Gasteiger partial charge in [0.25, 0.3) is 0 Å². The van der Waals surface area contributed by atoms with Crippen molar-refractivity contribution in [2.75, 3.05) is 0 Å². The Labute approximate surface area is 149 Å². The molecule has 2 N–H and O–H groups in total. The minimum Gasteiger partial charge on any atom is -0.390 e. The molecule has 3 saturated carbocycles. The number of nitrogens with zero attached hydrogens (tertiary/aromatic N) is 2. The maximum atomic E-state index is 11.0. The van der Waals surface area contributed by atoms with E-state index in [1.54, 1.807) is 0 Å². The second kappa shape index (κ2) is 4.86. The third-order valence-corrected chi connectivity index (χ3v) is 9.36. The number of fused-ring (bicyclic) bond motifs is 6. The lowest BCUT2D eigenvalue weighted by Crippen LogP contribution is -2.57. The molecule has 0 aromatic carbocycles. The third-order valence-electron chi connectivity index (χ3n) is 9.36. The van der Waals surface area contributed by atoms with Crippen molar-refractivity contribution in [2.24, 2.45) is 34.5 Å². The van der Waals surface area contributed by atoms with Gasteiger partial charge >= 0.3 is 0 Å². The van der Waals surface area contributed by atoms with Crippen LogP contribution in [0.15, 0.2) is 4.63 Å². The number of hydrogen-bond acceptors (Lipinski definition) is 5. The van der Waals surface area contributed by atoms with E-state index in [2.05, 4.69) is 24.2 Å². The highest BCUT2D eigenvalue weighted by atomic mass is 16.6. The third kappa shape index (κ3) is 1.86. The summed E-state index contributed by atoms with van der Waals surface area (Å²) in [4.78, 5) is 0. The zero-order valence-electron chi connectivity index (χ0n) is 15.5. The van der Waals surface area contributed by atoms with Gasteiger partial charge in [-0.2, -0.15) is 0 Å². The lowest BCUT2D eigenvalue weighted by molar-refractivity contribution is -0.156. The average molecular weight is 346 g/mol. The minimum atomic E-state index is -0.962. The van der Waals surface area contributed by atoms with Crippen LogP contribution < -0.4 is 0 Å². The zero-order chi connectivity index (χ0) is 17.6. The van der Waals surface area contributed by atoms with Gasteiger partial charge in [0.2, 0.25) is 0 Å². The highest BCUT2D eigenvalue weighted by molar-refractivity contribution is 5.22. The summed E-state index contributed by atoms with van der Waals surface area (Å²) in [6.07, 6.45) is 6.72.